The zero-order chi connectivity index (χ0) is 46.1. The summed E-state index contributed by atoms with van der Waals surface area (Å²) in [4.78, 5) is 55.4. The lowest BCUT2D eigenvalue weighted by Gasteiger charge is -2.73. The predicted molar refractivity (Wildman–Crippen MR) is 227 cm³/mol. The Kier molecular flexibility index (Phi) is 12.8. The van der Waals surface area contributed by atoms with Gasteiger partial charge in [-0.1, -0.05) is 71.9 Å². The van der Waals surface area contributed by atoms with Crippen LogP contribution in [0.15, 0.2) is 54.1 Å². The zero-order valence-electron chi connectivity index (χ0n) is 38.7. The molecule has 1 aromatic carbocycles. The van der Waals surface area contributed by atoms with Crippen LogP contribution in [0.1, 0.15) is 120 Å². The summed E-state index contributed by atoms with van der Waals surface area (Å²) in [6.07, 6.45) is -5.71. The predicted octanol–water partition coefficient (Wildman–Crippen LogP) is 6.60. The van der Waals surface area contributed by atoms with Gasteiger partial charge in [0.05, 0.1) is 41.9 Å². The van der Waals surface area contributed by atoms with Crippen molar-refractivity contribution in [2.45, 2.75) is 175 Å². The van der Waals surface area contributed by atoms with Crippen LogP contribution >= 0.6 is 0 Å². The van der Waals surface area contributed by atoms with Crippen LogP contribution in [0.2, 0.25) is 0 Å². The Morgan fingerprint density at radius 2 is 1.66 bits per heavy atom. The smallest absolute Gasteiger partial charge is 0.407 e. The van der Waals surface area contributed by atoms with Crippen LogP contribution in [0.4, 0.5) is 4.79 Å². The van der Waals surface area contributed by atoms with Gasteiger partial charge in [-0.2, -0.15) is 0 Å². The molecule has 0 aromatic heterocycles. The molecule has 0 spiro atoms. The molecule has 4 fully saturated rings. The summed E-state index contributed by atoms with van der Waals surface area (Å²) in [7, 11) is 0. The van der Waals surface area contributed by atoms with Crippen molar-refractivity contribution in [2.24, 2.45) is 34.0 Å². The molecule has 5 aliphatic rings. The van der Waals surface area contributed by atoms with Gasteiger partial charge in [-0.3, -0.25) is 4.79 Å². The van der Waals surface area contributed by atoms with Crippen molar-refractivity contribution < 1.29 is 62.5 Å². The van der Waals surface area contributed by atoms with Crippen LogP contribution in [0.5, 0.6) is 0 Å². The first-order valence-corrected chi connectivity index (χ1v) is 22.0. The van der Waals surface area contributed by atoms with Crippen molar-refractivity contribution >= 4 is 24.0 Å². The van der Waals surface area contributed by atoms with Gasteiger partial charge < -0.3 is 48.7 Å². The van der Waals surface area contributed by atoms with E-state index < -0.39 is 118 Å². The molecule has 6 rings (SSSR count). The second-order valence-corrected chi connectivity index (χ2v) is 20.9. The fraction of sp³-hybridized carbons (Fsp3) is 0.708. The van der Waals surface area contributed by atoms with Crippen molar-refractivity contribution in [3.63, 3.8) is 0 Å². The Hall–Kier alpha value is -3.82. The number of amides is 1. The average Bonchev–Trinajstić information content (AvgIpc) is 3.14. The lowest BCUT2D eigenvalue weighted by Crippen LogP contribution is -2.83. The topological polar surface area (TPSA) is 185 Å². The summed E-state index contributed by atoms with van der Waals surface area (Å²) >= 11 is 0. The van der Waals surface area contributed by atoms with Gasteiger partial charge in [0.1, 0.15) is 23.9 Å². The lowest BCUT2D eigenvalue weighted by molar-refractivity contribution is -0.405. The molecule has 1 aromatic rings. The van der Waals surface area contributed by atoms with Crippen molar-refractivity contribution in [3.8, 4) is 0 Å². The molecule has 62 heavy (non-hydrogen) atoms. The first-order chi connectivity index (χ1) is 28.7. The van der Waals surface area contributed by atoms with Crippen molar-refractivity contribution in [1.82, 2.24) is 5.32 Å². The van der Waals surface area contributed by atoms with Crippen LogP contribution in [0.3, 0.4) is 0 Å². The first kappa shape index (κ1) is 47.7. The summed E-state index contributed by atoms with van der Waals surface area (Å²) in [5.74, 6) is -3.68. The summed E-state index contributed by atoms with van der Waals surface area (Å²) in [5.41, 5.74) is -5.85. The number of aliphatic hydroxyl groups excluding tert-OH is 1. The molecule has 3 N–H and O–H groups in total. The van der Waals surface area contributed by atoms with Gasteiger partial charge in [-0.15, -0.1) is 0 Å². The van der Waals surface area contributed by atoms with E-state index in [9.17, 15) is 29.4 Å². The van der Waals surface area contributed by atoms with Gasteiger partial charge in [0.25, 0.3) is 0 Å². The van der Waals surface area contributed by atoms with Crippen molar-refractivity contribution in [1.29, 1.82) is 0 Å². The van der Waals surface area contributed by atoms with Gasteiger partial charge in [0.2, 0.25) is 0 Å². The highest BCUT2D eigenvalue weighted by Crippen LogP contribution is 2.72. The van der Waals surface area contributed by atoms with Crippen LogP contribution in [0, 0.1) is 34.0 Å². The van der Waals surface area contributed by atoms with E-state index in [0.29, 0.717) is 12.0 Å². The number of hydrogen-bond donors (Lipinski definition) is 3. The minimum atomic E-state index is -1.81. The average molecular weight is 868 g/mol. The fourth-order valence-electron chi connectivity index (χ4n) is 12.4. The van der Waals surface area contributed by atoms with Crippen molar-refractivity contribution in [2.75, 3.05) is 6.61 Å². The molecule has 2 saturated carbocycles. The van der Waals surface area contributed by atoms with Crippen LogP contribution in [0.25, 0.3) is 0 Å². The number of ether oxygens (including phenoxy) is 7. The number of carbonyl (C=O) groups is 4. The highest BCUT2D eigenvalue weighted by Gasteiger charge is 2.80. The Bertz CT molecular complexity index is 1930. The number of fused-ring (bicyclic) bond motifs is 4. The molecule has 2 heterocycles. The molecule has 2 bridgehead atoms. The van der Waals surface area contributed by atoms with E-state index in [4.69, 9.17) is 33.2 Å². The van der Waals surface area contributed by atoms with Crippen LogP contribution in [-0.4, -0.2) is 107 Å². The highest BCUT2D eigenvalue weighted by molar-refractivity contribution is 5.89. The Morgan fingerprint density at radius 1 is 1.02 bits per heavy atom. The second kappa shape index (κ2) is 16.6. The minimum Gasteiger partial charge on any atom is -0.458 e. The number of benzene rings is 1. The molecule has 13 atom stereocenters. The number of rotatable bonds is 11. The Labute approximate surface area is 366 Å². The van der Waals surface area contributed by atoms with Crippen LogP contribution < -0.4 is 5.32 Å². The van der Waals surface area contributed by atoms with E-state index in [1.807, 2.05) is 48.5 Å². The first-order valence-electron chi connectivity index (χ1n) is 22.0. The number of nitrogens with one attached hydrogen (secondary N) is 1. The molecular weight excluding hydrogens is 799 g/mol. The quantitative estimate of drug-likeness (QED) is 0.123. The summed E-state index contributed by atoms with van der Waals surface area (Å²) in [6.45, 7) is 27.5. The molecule has 2 saturated heterocycles. The maximum Gasteiger partial charge on any atom is 0.407 e. The Morgan fingerprint density at radius 3 is 2.19 bits per heavy atom. The zero-order valence-corrected chi connectivity index (χ0v) is 38.7. The second-order valence-electron chi connectivity index (χ2n) is 20.9. The highest BCUT2D eigenvalue weighted by atomic mass is 16.7. The van der Waals surface area contributed by atoms with E-state index in [1.54, 1.807) is 71.0 Å². The Balaban J connectivity index is 1.59. The van der Waals surface area contributed by atoms with Gasteiger partial charge >= 0.3 is 24.0 Å². The summed E-state index contributed by atoms with van der Waals surface area (Å²) < 4.78 is 45.2. The largest absolute Gasteiger partial charge is 0.458 e. The molecule has 344 valence electrons. The number of hydrogen-bond acceptors (Lipinski definition) is 13. The maximum atomic E-state index is 14.7. The van der Waals surface area contributed by atoms with Gasteiger partial charge in [-0.25, -0.2) is 14.4 Å². The fourth-order valence-corrected chi connectivity index (χ4v) is 12.4. The van der Waals surface area contributed by atoms with Gasteiger partial charge in [0, 0.05) is 36.5 Å². The van der Waals surface area contributed by atoms with Crippen molar-refractivity contribution in [3.05, 3.63) is 59.7 Å². The van der Waals surface area contributed by atoms with E-state index >= 15 is 0 Å². The molecule has 1 amide bonds. The normalized spacial score (nSPS) is 35.9. The van der Waals surface area contributed by atoms with E-state index in [2.05, 4.69) is 11.9 Å². The van der Waals surface area contributed by atoms with E-state index in [0.717, 1.165) is 5.57 Å². The third-order valence-electron chi connectivity index (χ3n) is 14.6. The monoisotopic (exact) mass is 867 g/mol. The SMILES string of the molecule is C=CC1O[C@H]2C[C@H]3OC[C@@]3(OC(C)=O)[C@H]3[C@H](OC(=O)c4ccccc4)[C@]4(C(C)(C)O)C[C@H](OC(=O)[C@H](O)[C@H](CC(C)C)NC(=O)OC(C)(C)C)C(C)=C([C@H](C)[C@H](O1)[C@]23C)C4(C)C. The number of carbonyl (C=O) groups excluding carboxylic acids is 4. The van der Waals surface area contributed by atoms with Gasteiger partial charge in [-0.05, 0) is 83.1 Å². The van der Waals surface area contributed by atoms with Gasteiger partial charge in [0.15, 0.2) is 18.0 Å². The number of esters is 3. The molecule has 2 aliphatic heterocycles. The molecule has 14 heteroatoms. The van der Waals surface area contributed by atoms with E-state index in [-0.39, 0.29) is 30.9 Å². The number of alkyl carbamates (subject to hydrolysis) is 1. The standard InChI is InChI=1S/C48H69NO13/c1-15-34-58-32-22-33-47(24-56-33,61-28(6)50)37-39(60-40(52)29-19-17-16-18-20-29)48(45(12,13)55)23-31(26(4)35(44(48,10)11)27(5)38(59-34)46(32,37)14)57-41(53)36(51)30(21-25(2)3)49-42(54)62-43(7,8)9/h15-20,25,27,30-34,36-39,51,55H,1,21-24H2,2-14H3,(H,49,54)/t27-,30-,31-,32-,33+,34?,36+,37-,38-,39-,46+,47-,48+/m0/s1. The summed E-state index contributed by atoms with van der Waals surface area (Å²) in [5, 5.41) is 27.5. The minimum absolute atomic E-state index is 0.0216. The molecule has 0 radical (unpaired) electrons. The molecule has 1 unspecified atom stereocenters. The molecule has 14 nitrogen and oxygen atoms in total. The third-order valence-corrected chi connectivity index (χ3v) is 14.6. The lowest BCUT2D eigenvalue weighted by atomic mass is 9.37. The molecular formula is C48H69NO13. The third kappa shape index (κ3) is 7.90. The van der Waals surface area contributed by atoms with E-state index in [1.165, 1.54) is 6.92 Å². The maximum absolute atomic E-state index is 14.7. The van der Waals surface area contributed by atoms with Crippen LogP contribution in [-0.2, 0) is 42.7 Å². The summed E-state index contributed by atoms with van der Waals surface area (Å²) in [6, 6.07) is 7.46. The molecule has 3 aliphatic carbocycles. The number of aliphatic hydroxyl groups is 2.